The van der Waals surface area contributed by atoms with Crippen molar-refractivity contribution in [3.8, 4) is 0 Å². The minimum atomic E-state index is -1.85. The molecule has 0 aromatic heterocycles. The summed E-state index contributed by atoms with van der Waals surface area (Å²) in [5.41, 5.74) is 0.675. The molecule has 0 N–H and O–H groups in total. The van der Waals surface area contributed by atoms with E-state index in [2.05, 4.69) is 33.9 Å². The predicted octanol–water partition coefficient (Wildman–Crippen LogP) is 4.41. The fourth-order valence-electron chi connectivity index (χ4n) is 2.12. The first kappa shape index (κ1) is 21.7. The molecule has 0 amide bonds. The molecule has 0 spiro atoms. The van der Waals surface area contributed by atoms with E-state index in [1.807, 2.05) is 6.92 Å². The molecule has 3 atom stereocenters. The maximum atomic E-state index is 11.8. The summed E-state index contributed by atoms with van der Waals surface area (Å²) < 4.78 is 21.7. The summed E-state index contributed by atoms with van der Waals surface area (Å²) in [6.07, 6.45) is 0.394. The molecule has 0 bridgehead atoms. The highest BCUT2D eigenvalue weighted by Crippen LogP contribution is 2.37. The third-order valence-corrected chi connectivity index (χ3v) is 9.50. The van der Waals surface area contributed by atoms with E-state index < -0.39 is 26.5 Å². The van der Waals surface area contributed by atoms with Crippen molar-refractivity contribution in [3.63, 3.8) is 0 Å². The van der Waals surface area contributed by atoms with Crippen LogP contribution < -0.4 is 0 Å². The van der Waals surface area contributed by atoms with E-state index in [1.165, 1.54) is 13.2 Å². The normalized spacial score (nSPS) is 23.5. The summed E-state index contributed by atoms with van der Waals surface area (Å²) >= 11 is 0. The van der Waals surface area contributed by atoms with Gasteiger partial charge in [-0.1, -0.05) is 27.7 Å². The van der Waals surface area contributed by atoms with Gasteiger partial charge in [0.05, 0.1) is 6.26 Å². The Labute approximate surface area is 152 Å². The lowest BCUT2D eigenvalue weighted by Gasteiger charge is -2.38. The largest absolute Gasteiger partial charge is 0.509 e. The molecule has 144 valence electrons. The quantitative estimate of drug-likeness (QED) is 0.391. The molecule has 1 saturated heterocycles. The first-order chi connectivity index (χ1) is 11.3. The Hall–Kier alpha value is -1.34. The van der Waals surface area contributed by atoms with Gasteiger partial charge in [-0.15, -0.1) is 0 Å². The van der Waals surface area contributed by atoms with E-state index in [-0.39, 0.29) is 17.1 Å². The van der Waals surface area contributed by atoms with Crippen LogP contribution in [-0.2, 0) is 23.4 Å². The number of rotatable bonds is 6. The number of carbonyl (C=O) groups excluding carboxylic acids is 2. The van der Waals surface area contributed by atoms with Crippen LogP contribution in [0.3, 0.4) is 0 Å². The lowest BCUT2D eigenvalue weighted by atomic mass is 9.96. The van der Waals surface area contributed by atoms with Gasteiger partial charge in [0.2, 0.25) is 0 Å². The Balaban J connectivity index is 2.69. The second-order valence-corrected chi connectivity index (χ2v) is 13.1. The van der Waals surface area contributed by atoms with Crippen LogP contribution in [0.1, 0.15) is 48.0 Å². The molecule has 0 aromatic carbocycles. The van der Waals surface area contributed by atoms with Gasteiger partial charge < -0.3 is 18.6 Å². The number of carbonyl (C=O) groups is 2. The number of esters is 1. The molecule has 0 radical (unpaired) electrons. The Morgan fingerprint density at radius 1 is 1.32 bits per heavy atom. The van der Waals surface area contributed by atoms with Crippen LogP contribution in [0.4, 0.5) is 4.79 Å². The van der Waals surface area contributed by atoms with E-state index in [4.69, 9.17) is 18.6 Å². The minimum Gasteiger partial charge on any atom is -0.435 e. The topological polar surface area (TPSA) is 71.1 Å². The zero-order valence-corrected chi connectivity index (χ0v) is 17.7. The van der Waals surface area contributed by atoms with Crippen molar-refractivity contribution >= 4 is 20.4 Å². The van der Waals surface area contributed by atoms with Crippen molar-refractivity contribution in [2.45, 2.75) is 78.3 Å². The Bertz CT molecular complexity index is 520. The maximum Gasteiger partial charge on any atom is 0.509 e. The third-order valence-electron chi connectivity index (χ3n) is 5.00. The number of hydrogen-bond acceptors (Lipinski definition) is 6. The molecule has 1 aliphatic heterocycles. The summed E-state index contributed by atoms with van der Waals surface area (Å²) in [6, 6.07) is 0. The molecule has 0 aliphatic carbocycles. The van der Waals surface area contributed by atoms with E-state index >= 15 is 0 Å². The van der Waals surface area contributed by atoms with Crippen molar-refractivity contribution in [1.29, 1.82) is 0 Å². The average Bonchev–Trinajstić information content (AvgIpc) is 2.48. The van der Waals surface area contributed by atoms with Gasteiger partial charge in [-0.3, -0.25) is 4.79 Å². The lowest BCUT2D eigenvalue weighted by molar-refractivity contribution is -0.135. The molecule has 0 unspecified atom stereocenters. The first-order valence-corrected chi connectivity index (χ1v) is 11.6. The van der Waals surface area contributed by atoms with E-state index in [1.54, 1.807) is 6.92 Å². The fraction of sp³-hybridized carbons (Fsp3) is 0.778. The Morgan fingerprint density at radius 3 is 2.44 bits per heavy atom. The number of hydrogen-bond donors (Lipinski definition) is 0. The molecule has 1 fully saturated rings. The summed E-state index contributed by atoms with van der Waals surface area (Å²) in [4.78, 5) is 22.7. The standard InChI is InChI=1S/C18H32O6Si/c1-12(10-21-14(3)19)15-9-16(24-17(20)23-15)13(2)11-22-25(7,8)18(4,5)6/h10,13,15-16H,9,11H2,1-8H3/b12-10+/t13-,15-,16+/m1/s1. The lowest BCUT2D eigenvalue weighted by Crippen LogP contribution is -2.44. The molecular weight excluding hydrogens is 340 g/mol. The van der Waals surface area contributed by atoms with Gasteiger partial charge in [-0.05, 0) is 25.1 Å². The fourth-order valence-corrected chi connectivity index (χ4v) is 3.23. The zero-order chi connectivity index (χ0) is 19.4. The van der Waals surface area contributed by atoms with Gasteiger partial charge in [-0.25, -0.2) is 4.79 Å². The zero-order valence-electron chi connectivity index (χ0n) is 16.7. The summed E-state index contributed by atoms with van der Waals surface area (Å²) in [5, 5.41) is 0.130. The van der Waals surface area contributed by atoms with Crippen molar-refractivity contribution in [2.24, 2.45) is 5.92 Å². The second-order valence-electron chi connectivity index (χ2n) is 8.27. The third kappa shape index (κ3) is 6.47. The van der Waals surface area contributed by atoms with E-state index in [0.717, 1.165) is 0 Å². The molecule has 0 saturated carbocycles. The van der Waals surface area contributed by atoms with Gasteiger partial charge in [-0.2, -0.15) is 0 Å². The highest BCUT2D eigenvalue weighted by Gasteiger charge is 2.39. The monoisotopic (exact) mass is 372 g/mol. The number of cyclic esters (lactones) is 2. The van der Waals surface area contributed by atoms with Crippen LogP contribution in [-0.4, -0.2) is 39.3 Å². The van der Waals surface area contributed by atoms with Crippen molar-refractivity contribution in [1.82, 2.24) is 0 Å². The average molecular weight is 373 g/mol. The predicted molar refractivity (Wildman–Crippen MR) is 97.6 cm³/mol. The van der Waals surface area contributed by atoms with Gasteiger partial charge in [0.15, 0.2) is 8.32 Å². The highest BCUT2D eigenvalue weighted by molar-refractivity contribution is 6.74. The van der Waals surface area contributed by atoms with Gasteiger partial charge in [0.25, 0.3) is 0 Å². The van der Waals surface area contributed by atoms with Crippen LogP contribution in [0.15, 0.2) is 11.8 Å². The molecule has 25 heavy (non-hydrogen) atoms. The highest BCUT2D eigenvalue weighted by atomic mass is 28.4. The van der Waals surface area contributed by atoms with Crippen molar-refractivity contribution < 1.29 is 28.2 Å². The van der Waals surface area contributed by atoms with E-state index in [0.29, 0.717) is 18.6 Å². The smallest absolute Gasteiger partial charge is 0.435 e. The van der Waals surface area contributed by atoms with Crippen LogP contribution in [0.2, 0.25) is 18.1 Å². The van der Waals surface area contributed by atoms with Gasteiger partial charge in [0, 0.05) is 31.4 Å². The molecule has 7 heteroatoms. The van der Waals surface area contributed by atoms with Crippen LogP contribution in [0.5, 0.6) is 0 Å². The van der Waals surface area contributed by atoms with Crippen LogP contribution in [0, 0.1) is 5.92 Å². The molecule has 1 heterocycles. The molecular formula is C18H32O6Si. The summed E-state index contributed by atoms with van der Waals surface area (Å²) in [5.74, 6) is -0.364. The van der Waals surface area contributed by atoms with Crippen molar-refractivity contribution in [2.75, 3.05) is 6.61 Å². The van der Waals surface area contributed by atoms with Gasteiger partial charge in [0.1, 0.15) is 12.2 Å². The molecule has 6 nitrogen and oxygen atoms in total. The van der Waals surface area contributed by atoms with Crippen LogP contribution in [0.25, 0.3) is 0 Å². The molecule has 1 rings (SSSR count). The molecule has 1 aliphatic rings. The SMILES string of the molecule is CC(=O)O/C=C(\C)[C@H]1C[C@@H]([C@H](C)CO[Si](C)(C)C(C)(C)C)OC(=O)O1. The first-order valence-electron chi connectivity index (χ1n) is 8.68. The van der Waals surface area contributed by atoms with Crippen LogP contribution >= 0.6 is 0 Å². The van der Waals surface area contributed by atoms with Gasteiger partial charge >= 0.3 is 12.1 Å². The second kappa shape index (κ2) is 8.36. The minimum absolute atomic E-state index is 0.0472. The summed E-state index contributed by atoms with van der Waals surface area (Å²) in [7, 11) is -1.85. The Morgan fingerprint density at radius 2 is 1.92 bits per heavy atom. The molecule has 0 aromatic rings. The van der Waals surface area contributed by atoms with Crippen molar-refractivity contribution in [3.05, 3.63) is 11.8 Å². The Kier molecular flexibility index (Phi) is 7.25. The summed E-state index contributed by atoms with van der Waals surface area (Å²) in [6.45, 7) is 16.6. The maximum absolute atomic E-state index is 11.8. The van der Waals surface area contributed by atoms with E-state index in [9.17, 15) is 9.59 Å². The number of ether oxygens (including phenoxy) is 3.